The van der Waals surface area contributed by atoms with Crippen molar-refractivity contribution in [1.82, 2.24) is 16.0 Å². The average Bonchev–Trinajstić information content (AvgIpc) is 2.55. The summed E-state index contributed by atoms with van der Waals surface area (Å²) < 4.78 is 16.3. The second-order valence-electron chi connectivity index (χ2n) is 6.89. The summed E-state index contributed by atoms with van der Waals surface area (Å²) in [4.78, 5) is 15.7. The summed E-state index contributed by atoms with van der Waals surface area (Å²) in [5, 5.41) is 9.06. The van der Waals surface area contributed by atoms with Gasteiger partial charge < -0.3 is 30.2 Å². The van der Waals surface area contributed by atoms with Crippen molar-refractivity contribution in [2.24, 2.45) is 4.99 Å². The summed E-state index contributed by atoms with van der Waals surface area (Å²) in [6.07, 6.45) is 2.81. The Morgan fingerprint density at radius 3 is 2.35 bits per heavy atom. The lowest BCUT2D eigenvalue weighted by Gasteiger charge is -2.22. The molecule has 0 bridgehead atoms. The van der Waals surface area contributed by atoms with E-state index in [0.29, 0.717) is 25.2 Å². The van der Waals surface area contributed by atoms with Crippen molar-refractivity contribution in [1.29, 1.82) is 0 Å². The molecule has 0 aliphatic carbocycles. The Balaban J connectivity index is 0.00000625. The monoisotopic (exact) mass is 486 g/mol. The molecule has 0 radical (unpaired) electrons. The lowest BCUT2D eigenvalue weighted by molar-refractivity contribution is -0.0320. The maximum absolute atomic E-state index is 11.5. The molecule has 8 nitrogen and oxygen atoms in total. The van der Waals surface area contributed by atoms with Gasteiger partial charge in [0.25, 0.3) is 0 Å². The largest absolute Gasteiger partial charge is 0.444 e. The van der Waals surface area contributed by atoms with Crippen LogP contribution in [0, 0.1) is 0 Å². The molecule has 0 unspecified atom stereocenters. The molecular formula is C17H35IN4O4. The van der Waals surface area contributed by atoms with Crippen molar-refractivity contribution in [2.45, 2.75) is 51.7 Å². The smallest absolute Gasteiger partial charge is 0.407 e. The van der Waals surface area contributed by atoms with Crippen LogP contribution >= 0.6 is 24.0 Å². The van der Waals surface area contributed by atoms with Crippen LogP contribution in [0.1, 0.15) is 40.0 Å². The molecule has 1 fully saturated rings. The Morgan fingerprint density at radius 2 is 1.73 bits per heavy atom. The highest BCUT2D eigenvalue weighted by atomic mass is 127. The molecule has 1 amide bonds. The third kappa shape index (κ3) is 13.4. The Bertz CT molecular complexity index is 410. The van der Waals surface area contributed by atoms with E-state index in [2.05, 4.69) is 20.9 Å². The summed E-state index contributed by atoms with van der Waals surface area (Å²) in [6.45, 7) is 9.65. The van der Waals surface area contributed by atoms with E-state index in [1.54, 1.807) is 7.05 Å². The maximum atomic E-state index is 11.5. The summed E-state index contributed by atoms with van der Waals surface area (Å²) in [6, 6.07) is 0. The molecule has 0 aromatic carbocycles. The summed E-state index contributed by atoms with van der Waals surface area (Å²) in [5.41, 5.74) is -0.484. The van der Waals surface area contributed by atoms with Gasteiger partial charge in [-0.25, -0.2) is 4.79 Å². The van der Waals surface area contributed by atoms with Gasteiger partial charge in [0.05, 0.1) is 6.10 Å². The number of hydrogen-bond donors (Lipinski definition) is 3. The molecule has 26 heavy (non-hydrogen) atoms. The van der Waals surface area contributed by atoms with Crippen LogP contribution in [-0.4, -0.2) is 70.3 Å². The van der Waals surface area contributed by atoms with Crippen molar-refractivity contribution in [3.05, 3.63) is 0 Å². The minimum absolute atomic E-state index is 0. The minimum Gasteiger partial charge on any atom is -0.444 e. The second-order valence-corrected chi connectivity index (χ2v) is 6.89. The van der Waals surface area contributed by atoms with Crippen LogP contribution in [0.3, 0.4) is 0 Å². The SMILES string of the molecule is CN=C(NCCCOC1CCOCC1)NCCNC(=O)OC(C)(C)C.I. The predicted molar refractivity (Wildman–Crippen MR) is 113 cm³/mol. The van der Waals surface area contributed by atoms with E-state index in [0.717, 1.165) is 45.6 Å². The number of nitrogens with one attached hydrogen (secondary N) is 3. The zero-order valence-corrected chi connectivity index (χ0v) is 18.8. The van der Waals surface area contributed by atoms with Gasteiger partial charge in [-0.1, -0.05) is 0 Å². The van der Waals surface area contributed by atoms with Crippen molar-refractivity contribution in [2.75, 3.05) is 46.5 Å². The molecule has 0 spiro atoms. The quantitative estimate of drug-likeness (QED) is 0.210. The van der Waals surface area contributed by atoms with Gasteiger partial charge in [0.2, 0.25) is 0 Å². The molecule has 0 aromatic heterocycles. The van der Waals surface area contributed by atoms with Gasteiger partial charge in [-0.2, -0.15) is 0 Å². The number of amides is 1. The van der Waals surface area contributed by atoms with Gasteiger partial charge in [-0.15, -0.1) is 24.0 Å². The number of carbonyl (C=O) groups is 1. The fourth-order valence-corrected chi connectivity index (χ4v) is 2.25. The minimum atomic E-state index is -0.484. The van der Waals surface area contributed by atoms with Crippen LogP contribution in [-0.2, 0) is 14.2 Å². The van der Waals surface area contributed by atoms with E-state index in [1.807, 2.05) is 20.8 Å². The van der Waals surface area contributed by atoms with Crippen LogP contribution in [0.4, 0.5) is 4.79 Å². The first-order valence-corrected chi connectivity index (χ1v) is 9.01. The van der Waals surface area contributed by atoms with Gasteiger partial charge in [0.15, 0.2) is 5.96 Å². The molecule has 1 rings (SSSR count). The standard InChI is InChI=1S/C17H34N4O4.HI/c1-17(2,3)25-16(22)21-10-9-20-15(18-4)19-8-5-11-24-14-6-12-23-13-7-14;/h14H,5-13H2,1-4H3,(H,21,22)(H2,18,19,20);1H. The predicted octanol–water partition coefficient (Wildman–Crippen LogP) is 1.88. The van der Waals surface area contributed by atoms with Crippen molar-refractivity contribution < 1.29 is 19.0 Å². The van der Waals surface area contributed by atoms with Crippen molar-refractivity contribution in [3.8, 4) is 0 Å². The zero-order chi connectivity index (χ0) is 18.5. The molecule has 0 atom stereocenters. The highest BCUT2D eigenvalue weighted by molar-refractivity contribution is 14.0. The number of halogens is 1. The van der Waals surface area contributed by atoms with Crippen molar-refractivity contribution >= 4 is 36.0 Å². The van der Waals surface area contributed by atoms with Gasteiger partial charge in [-0.3, -0.25) is 4.99 Å². The molecule has 0 aromatic rings. The van der Waals surface area contributed by atoms with Gasteiger partial charge in [0, 0.05) is 46.5 Å². The third-order valence-corrected chi connectivity index (χ3v) is 3.44. The Morgan fingerprint density at radius 1 is 1.12 bits per heavy atom. The number of hydrogen-bond acceptors (Lipinski definition) is 5. The molecule has 1 aliphatic rings. The Labute approximate surface area is 174 Å². The fraction of sp³-hybridized carbons (Fsp3) is 0.882. The number of aliphatic imine (C=N–C) groups is 1. The summed E-state index contributed by atoms with van der Waals surface area (Å²) >= 11 is 0. The number of carbonyl (C=O) groups excluding carboxylic acids is 1. The maximum Gasteiger partial charge on any atom is 0.407 e. The summed E-state index contributed by atoms with van der Waals surface area (Å²) in [7, 11) is 1.72. The molecular weight excluding hydrogens is 451 g/mol. The highest BCUT2D eigenvalue weighted by Gasteiger charge is 2.15. The van der Waals surface area contributed by atoms with Crippen LogP contribution < -0.4 is 16.0 Å². The van der Waals surface area contributed by atoms with E-state index in [9.17, 15) is 4.79 Å². The zero-order valence-electron chi connectivity index (χ0n) is 16.4. The number of nitrogens with zero attached hydrogens (tertiary/aromatic N) is 1. The Kier molecular flexibility index (Phi) is 13.8. The van der Waals surface area contributed by atoms with E-state index in [1.165, 1.54) is 0 Å². The first-order valence-electron chi connectivity index (χ1n) is 9.01. The van der Waals surface area contributed by atoms with Gasteiger partial charge >= 0.3 is 6.09 Å². The van der Waals surface area contributed by atoms with E-state index in [-0.39, 0.29) is 24.0 Å². The molecule has 9 heteroatoms. The molecule has 1 aliphatic heterocycles. The van der Waals surface area contributed by atoms with Crippen LogP contribution in [0.5, 0.6) is 0 Å². The number of guanidine groups is 1. The third-order valence-electron chi connectivity index (χ3n) is 3.44. The number of alkyl carbamates (subject to hydrolysis) is 1. The molecule has 1 saturated heterocycles. The summed E-state index contributed by atoms with van der Waals surface area (Å²) in [5.74, 6) is 0.706. The van der Waals surface area contributed by atoms with E-state index in [4.69, 9.17) is 14.2 Å². The first-order chi connectivity index (χ1) is 11.9. The second kappa shape index (κ2) is 14.3. The topological polar surface area (TPSA) is 93.2 Å². The molecule has 3 N–H and O–H groups in total. The average molecular weight is 486 g/mol. The van der Waals surface area contributed by atoms with Crippen LogP contribution in [0.25, 0.3) is 0 Å². The lowest BCUT2D eigenvalue weighted by Crippen LogP contribution is -2.42. The Hall–Kier alpha value is -0.810. The molecule has 0 saturated carbocycles. The number of rotatable bonds is 8. The van der Waals surface area contributed by atoms with Gasteiger partial charge in [-0.05, 0) is 40.0 Å². The van der Waals surface area contributed by atoms with Crippen LogP contribution in [0.15, 0.2) is 4.99 Å². The van der Waals surface area contributed by atoms with E-state index >= 15 is 0 Å². The molecule has 1 heterocycles. The van der Waals surface area contributed by atoms with E-state index < -0.39 is 11.7 Å². The van der Waals surface area contributed by atoms with Crippen LogP contribution in [0.2, 0.25) is 0 Å². The highest BCUT2D eigenvalue weighted by Crippen LogP contribution is 2.10. The lowest BCUT2D eigenvalue weighted by atomic mass is 10.1. The number of ether oxygens (including phenoxy) is 3. The van der Waals surface area contributed by atoms with Gasteiger partial charge in [0.1, 0.15) is 5.60 Å². The normalized spacial score (nSPS) is 15.8. The molecule has 154 valence electrons. The first kappa shape index (κ1) is 25.2. The fourth-order valence-electron chi connectivity index (χ4n) is 2.25. The van der Waals surface area contributed by atoms with Crippen molar-refractivity contribution in [3.63, 3.8) is 0 Å².